The molecule has 1 N–H and O–H groups in total. The van der Waals surface area contributed by atoms with E-state index in [0.29, 0.717) is 5.52 Å². The van der Waals surface area contributed by atoms with Gasteiger partial charge in [-0.2, -0.15) is 0 Å². The van der Waals surface area contributed by atoms with Crippen molar-refractivity contribution in [1.82, 2.24) is 14.5 Å². The molecule has 0 radical (unpaired) electrons. The molecule has 6 heteroatoms. The molecule has 1 aliphatic heterocycles. The van der Waals surface area contributed by atoms with Crippen molar-refractivity contribution >= 4 is 22.5 Å². The summed E-state index contributed by atoms with van der Waals surface area (Å²) in [5.41, 5.74) is 4.96. The molecule has 1 amide bonds. The van der Waals surface area contributed by atoms with Crippen LogP contribution in [0, 0.1) is 0 Å². The molecule has 1 aromatic carbocycles. The number of hydrogen-bond acceptors (Lipinski definition) is 3. The third kappa shape index (κ3) is 2.05. The highest BCUT2D eigenvalue weighted by Gasteiger charge is 2.67. The number of rotatable bonds is 2. The van der Waals surface area contributed by atoms with Gasteiger partial charge in [-0.1, -0.05) is 18.2 Å². The molecule has 148 valence electrons. The number of pyridine rings is 2. The zero-order chi connectivity index (χ0) is 20.6. The standard InChI is InChI=1S/C24H20N4O2/c1-27-13-16(15-11-19(26-21(15)22(27)29)14-7-9-25-10-8-14)18-12-24(18)17-5-3-4-6-20(17)28(2)23(24)30/h3-11,13,18,26H,12H2,1-2H3. The van der Waals surface area contributed by atoms with Crippen molar-refractivity contribution < 1.29 is 4.79 Å². The second-order valence-corrected chi connectivity index (χ2v) is 8.32. The first-order valence-corrected chi connectivity index (χ1v) is 10.0. The van der Waals surface area contributed by atoms with Crippen molar-refractivity contribution in [3.05, 3.63) is 82.5 Å². The minimum atomic E-state index is -0.524. The van der Waals surface area contributed by atoms with Gasteiger partial charge in [0.05, 0.1) is 5.41 Å². The Kier molecular flexibility index (Phi) is 3.26. The first-order chi connectivity index (χ1) is 14.5. The van der Waals surface area contributed by atoms with E-state index in [4.69, 9.17) is 0 Å². The number of benzene rings is 1. The Hall–Kier alpha value is -3.67. The molecule has 4 aromatic rings. The number of aromatic nitrogens is 3. The number of anilines is 1. The zero-order valence-corrected chi connectivity index (χ0v) is 16.7. The van der Waals surface area contributed by atoms with Crippen LogP contribution in [0.15, 0.2) is 65.8 Å². The maximum absolute atomic E-state index is 13.3. The summed E-state index contributed by atoms with van der Waals surface area (Å²) in [6, 6.07) is 13.9. The topological polar surface area (TPSA) is 71.0 Å². The summed E-state index contributed by atoms with van der Waals surface area (Å²) in [6.45, 7) is 0. The minimum Gasteiger partial charge on any atom is -0.350 e. The number of amides is 1. The molecule has 2 aliphatic rings. The Morgan fingerprint density at radius 3 is 2.67 bits per heavy atom. The Balaban J connectivity index is 1.55. The van der Waals surface area contributed by atoms with Gasteiger partial charge >= 0.3 is 0 Å². The lowest BCUT2D eigenvalue weighted by Gasteiger charge is -2.12. The maximum atomic E-state index is 13.3. The lowest BCUT2D eigenvalue weighted by molar-refractivity contribution is -0.120. The maximum Gasteiger partial charge on any atom is 0.274 e. The molecular weight excluding hydrogens is 376 g/mol. The molecule has 30 heavy (non-hydrogen) atoms. The van der Waals surface area contributed by atoms with E-state index < -0.39 is 5.41 Å². The molecular formula is C24H20N4O2. The van der Waals surface area contributed by atoms with Gasteiger partial charge in [-0.15, -0.1) is 0 Å². The Labute approximate surface area is 172 Å². The summed E-state index contributed by atoms with van der Waals surface area (Å²) in [5.74, 6) is 0.187. The van der Waals surface area contributed by atoms with E-state index in [1.165, 1.54) is 0 Å². The van der Waals surface area contributed by atoms with Crippen molar-refractivity contribution in [2.75, 3.05) is 11.9 Å². The highest BCUT2D eigenvalue weighted by molar-refractivity contribution is 6.11. The van der Waals surface area contributed by atoms with Crippen LogP contribution in [0.3, 0.4) is 0 Å². The third-order valence-electron chi connectivity index (χ3n) is 6.76. The average molecular weight is 396 g/mol. The summed E-state index contributed by atoms with van der Waals surface area (Å²) in [5, 5.41) is 0.895. The van der Waals surface area contributed by atoms with Crippen molar-refractivity contribution in [2.24, 2.45) is 7.05 Å². The van der Waals surface area contributed by atoms with Crippen LogP contribution in [0.5, 0.6) is 0 Å². The first kappa shape index (κ1) is 17.2. The van der Waals surface area contributed by atoms with E-state index in [1.807, 2.05) is 49.6 Å². The summed E-state index contributed by atoms with van der Waals surface area (Å²) < 4.78 is 1.62. The van der Waals surface area contributed by atoms with Crippen LogP contribution in [0.25, 0.3) is 22.2 Å². The molecule has 1 saturated carbocycles. The predicted octanol–water partition coefficient (Wildman–Crippen LogP) is 3.33. The van der Waals surface area contributed by atoms with Gasteiger partial charge in [-0.05, 0) is 41.8 Å². The number of nitrogens with one attached hydrogen (secondary N) is 1. The van der Waals surface area contributed by atoms with Gasteiger partial charge in [-0.3, -0.25) is 14.6 Å². The normalized spacial score (nSPS) is 22.1. The summed E-state index contributed by atoms with van der Waals surface area (Å²) in [7, 11) is 3.61. The van der Waals surface area contributed by atoms with Gasteiger partial charge in [0.15, 0.2) is 0 Å². The number of aromatic amines is 1. The summed E-state index contributed by atoms with van der Waals surface area (Å²) >= 11 is 0. The molecule has 2 atom stereocenters. The number of likely N-dealkylation sites (N-methyl/N-ethyl adjacent to an activating group) is 1. The van der Waals surface area contributed by atoms with Crippen LogP contribution in [-0.4, -0.2) is 27.5 Å². The van der Waals surface area contributed by atoms with E-state index in [-0.39, 0.29) is 17.4 Å². The monoisotopic (exact) mass is 396 g/mol. The van der Waals surface area contributed by atoms with E-state index in [9.17, 15) is 9.59 Å². The number of aryl methyl sites for hydroxylation is 1. The fourth-order valence-electron chi connectivity index (χ4n) is 5.17. The predicted molar refractivity (Wildman–Crippen MR) is 116 cm³/mol. The van der Waals surface area contributed by atoms with Crippen LogP contribution < -0.4 is 10.5 Å². The van der Waals surface area contributed by atoms with Crippen LogP contribution in [0.1, 0.15) is 23.5 Å². The molecule has 1 aliphatic carbocycles. The van der Waals surface area contributed by atoms with Gasteiger partial charge in [-0.25, -0.2) is 0 Å². The Morgan fingerprint density at radius 1 is 1.10 bits per heavy atom. The number of hydrogen-bond donors (Lipinski definition) is 1. The molecule has 4 heterocycles. The lowest BCUT2D eigenvalue weighted by atomic mass is 9.91. The SMILES string of the molecule is CN1C(=O)C2(CC2c2cn(C)c(=O)c3[nH]c(-c4ccncc4)cc23)c2ccccc21. The van der Waals surface area contributed by atoms with Gasteiger partial charge in [0, 0.05) is 60.9 Å². The highest BCUT2D eigenvalue weighted by Crippen LogP contribution is 2.66. The fraction of sp³-hybridized carbons (Fsp3) is 0.208. The molecule has 1 fully saturated rings. The number of nitrogens with zero attached hydrogens (tertiary/aromatic N) is 3. The summed E-state index contributed by atoms with van der Waals surface area (Å²) in [4.78, 5) is 35.3. The largest absolute Gasteiger partial charge is 0.350 e. The van der Waals surface area contributed by atoms with E-state index in [1.54, 1.807) is 28.9 Å². The quantitative estimate of drug-likeness (QED) is 0.565. The fourth-order valence-corrected chi connectivity index (χ4v) is 5.17. The Bertz CT molecular complexity index is 1400. The molecule has 0 bridgehead atoms. The number of para-hydroxylation sites is 1. The zero-order valence-electron chi connectivity index (χ0n) is 16.7. The van der Waals surface area contributed by atoms with Crippen LogP contribution in [-0.2, 0) is 17.3 Å². The van der Waals surface area contributed by atoms with Crippen LogP contribution in [0.4, 0.5) is 5.69 Å². The van der Waals surface area contributed by atoms with E-state index >= 15 is 0 Å². The van der Waals surface area contributed by atoms with Crippen LogP contribution >= 0.6 is 0 Å². The van der Waals surface area contributed by atoms with Gasteiger partial charge in [0.2, 0.25) is 5.91 Å². The Morgan fingerprint density at radius 2 is 1.87 bits per heavy atom. The number of H-pyrrole nitrogens is 1. The number of carbonyl (C=O) groups is 1. The molecule has 0 saturated heterocycles. The first-order valence-electron chi connectivity index (χ1n) is 10.0. The van der Waals surface area contributed by atoms with Gasteiger partial charge in [0.25, 0.3) is 5.56 Å². The van der Waals surface area contributed by atoms with Crippen molar-refractivity contribution in [3.8, 4) is 11.3 Å². The van der Waals surface area contributed by atoms with Gasteiger partial charge < -0.3 is 14.5 Å². The smallest absolute Gasteiger partial charge is 0.274 e. The number of carbonyl (C=O) groups excluding carboxylic acids is 1. The molecule has 3 aromatic heterocycles. The minimum absolute atomic E-state index is 0.0477. The molecule has 6 rings (SSSR count). The van der Waals surface area contributed by atoms with Crippen molar-refractivity contribution in [3.63, 3.8) is 0 Å². The van der Waals surface area contributed by atoms with Crippen LogP contribution in [0.2, 0.25) is 0 Å². The third-order valence-corrected chi connectivity index (χ3v) is 6.76. The van der Waals surface area contributed by atoms with E-state index in [0.717, 1.165) is 39.9 Å². The number of fused-ring (bicyclic) bond motifs is 3. The molecule has 1 spiro atoms. The second-order valence-electron chi connectivity index (χ2n) is 8.32. The molecule has 2 unspecified atom stereocenters. The van der Waals surface area contributed by atoms with Crippen molar-refractivity contribution in [2.45, 2.75) is 17.8 Å². The lowest BCUT2D eigenvalue weighted by Crippen LogP contribution is -2.29. The average Bonchev–Trinajstić information content (AvgIpc) is 3.30. The summed E-state index contributed by atoms with van der Waals surface area (Å²) in [6.07, 6.45) is 6.14. The highest BCUT2D eigenvalue weighted by atomic mass is 16.2. The molecule has 6 nitrogen and oxygen atoms in total. The van der Waals surface area contributed by atoms with Crippen molar-refractivity contribution in [1.29, 1.82) is 0 Å². The van der Waals surface area contributed by atoms with Gasteiger partial charge in [0.1, 0.15) is 5.52 Å². The van der Waals surface area contributed by atoms with E-state index in [2.05, 4.69) is 16.0 Å². The second kappa shape index (κ2) is 5.69.